The zero-order valence-electron chi connectivity index (χ0n) is 12.5. The number of hydrogen-bond acceptors (Lipinski definition) is 5. The number of carbonyl (C=O) groups is 1. The number of piperidine rings is 1. The van der Waals surface area contributed by atoms with Gasteiger partial charge in [0.05, 0.1) is 21.9 Å². The van der Waals surface area contributed by atoms with Crippen molar-refractivity contribution in [2.24, 2.45) is 5.92 Å². The van der Waals surface area contributed by atoms with E-state index < -0.39 is 10.0 Å². The van der Waals surface area contributed by atoms with Gasteiger partial charge in [-0.3, -0.25) is 4.79 Å². The van der Waals surface area contributed by atoms with E-state index in [1.807, 2.05) is 12.1 Å². The molecule has 0 spiro atoms. The Morgan fingerprint density at radius 3 is 2.96 bits per heavy atom. The molecule has 2 aromatic rings. The minimum atomic E-state index is -3.27. The minimum absolute atomic E-state index is 0.200. The highest BCUT2D eigenvalue weighted by molar-refractivity contribution is 7.88. The maximum Gasteiger partial charge on any atom is 0.230 e. The highest BCUT2D eigenvalue weighted by Crippen LogP contribution is 2.31. The SMILES string of the molecule is CS(=O)(=O)N1CCCC(C(=O)Nc2nc3c(Cl)cccc3s2)C1. The molecule has 3 rings (SSSR count). The second-order valence-corrected chi connectivity index (χ2v) is 8.98. The second kappa shape index (κ2) is 6.35. The molecule has 1 amide bonds. The quantitative estimate of drug-likeness (QED) is 0.896. The molecule has 1 unspecified atom stereocenters. The van der Waals surface area contributed by atoms with Crippen LogP contribution < -0.4 is 5.32 Å². The fourth-order valence-electron chi connectivity index (χ4n) is 2.63. The molecular formula is C14H16ClN3O3S2. The number of para-hydroxylation sites is 1. The van der Waals surface area contributed by atoms with Gasteiger partial charge in [-0.05, 0) is 25.0 Å². The summed E-state index contributed by atoms with van der Waals surface area (Å²) < 4.78 is 25.5. The predicted octanol–water partition coefficient (Wildman–Crippen LogP) is 2.56. The van der Waals surface area contributed by atoms with Crippen molar-refractivity contribution in [1.82, 2.24) is 9.29 Å². The summed E-state index contributed by atoms with van der Waals surface area (Å²) in [4.78, 5) is 16.7. The number of nitrogens with one attached hydrogen (secondary N) is 1. The number of nitrogens with zero attached hydrogens (tertiary/aromatic N) is 2. The Labute approximate surface area is 143 Å². The molecule has 2 heterocycles. The van der Waals surface area contributed by atoms with Crippen LogP contribution in [-0.4, -0.2) is 43.0 Å². The summed E-state index contributed by atoms with van der Waals surface area (Å²) in [6.07, 6.45) is 2.52. The summed E-state index contributed by atoms with van der Waals surface area (Å²) >= 11 is 7.43. The van der Waals surface area contributed by atoms with Crippen LogP contribution in [0.2, 0.25) is 5.02 Å². The number of thiazole rings is 1. The third-order valence-corrected chi connectivity index (χ3v) is 6.33. The Balaban J connectivity index is 1.74. The van der Waals surface area contributed by atoms with E-state index in [-0.39, 0.29) is 18.4 Å². The van der Waals surface area contributed by atoms with Crippen LogP contribution in [-0.2, 0) is 14.8 Å². The van der Waals surface area contributed by atoms with Crippen LogP contribution in [0.5, 0.6) is 0 Å². The molecule has 1 fully saturated rings. The number of sulfonamides is 1. The molecule has 1 atom stereocenters. The predicted molar refractivity (Wildman–Crippen MR) is 92.4 cm³/mol. The summed E-state index contributed by atoms with van der Waals surface area (Å²) in [6.45, 7) is 0.690. The van der Waals surface area contributed by atoms with Crippen molar-refractivity contribution >= 4 is 54.2 Å². The van der Waals surface area contributed by atoms with Gasteiger partial charge in [-0.2, -0.15) is 0 Å². The average Bonchev–Trinajstić information content (AvgIpc) is 2.90. The van der Waals surface area contributed by atoms with Crippen LogP contribution in [0.15, 0.2) is 18.2 Å². The smallest absolute Gasteiger partial charge is 0.230 e. The van der Waals surface area contributed by atoms with E-state index in [1.165, 1.54) is 21.9 Å². The van der Waals surface area contributed by atoms with Crippen molar-refractivity contribution in [3.63, 3.8) is 0 Å². The lowest BCUT2D eigenvalue weighted by atomic mass is 9.99. The lowest BCUT2D eigenvalue weighted by Gasteiger charge is -2.29. The maximum atomic E-state index is 12.4. The molecule has 0 saturated carbocycles. The molecule has 0 aliphatic carbocycles. The molecule has 9 heteroatoms. The van der Waals surface area contributed by atoms with E-state index in [0.29, 0.717) is 35.1 Å². The minimum Gasteiger partial charge on any atom is -0.302 e. The lowest BCUT2D eigenvalue weighted by Crippen LogP contribution is -2.43. The van der Waals surface area contributed by atoms with Gasteiger partial charge in [0.2, 0.25) is 15.9 Å². The van der Waals surface area contributed by atoms with Gasteiger partial charge in [-0.15, -0.1) is 0 Å². The normalized spacial score (nSPS) is 19.8. The monoisotopic (exact) mass is 373 g/mol. The Hall–Kier alpha value is -1.22. The Kier molecular flexibility index (Phi) is 4.59. The molecule has 1 N–H and O–H groups in total. The van der Waals surface area contributed by atoms with Gasteiger partial charge in [0.25, 0.3) is 0 Å². The zero-order chi connectivity index (χ0) is 16.6. The van der Waals surface area contributed by atoms with E-state index in [2.05, 4.69) is 10.3 Å². The molecule has 1 saturated heterocycles. The van der Waals surface area contributed by atoms with Crippen LogP contribution in [0.3, 0.4) is 0 Å². The number of rotatable bonds is 3. The molecule has 1 aliphatic rings. The summed E-state index contributed by atoms with van der Waals surface area (Å²) in [7, 11) is -3.27. The Morgan fingerprint density at radius 2 is 2.26 bits per heavy atom. The van der Waals surface area contributed by atoms with E-state index >= 15 is 0 Å². The van der Waals surface area contributed by atoms with Crippen LogP contribution >= 0.6 is 22.9 Å². The molecule has 23 heavy (non-hydrogen) atoms. The van der Waals surface area contributed by atoms with Crippen LogP contribution in [0.4, 0.5) is 5.13 Å². The second-order valence-electron chi connectivity index (χ2n) is 5.56. The van der Waals surface area contributed by atoms with Gasteiger partial charge in [0, 0.05) is 13.1 Å². The van der Waals surface area contributed by atoms with Gasteiger partial charge in [-0.1, -0.05) is 29.0 Å². The summed E-state index contributed by atoms with van der Waals surface area (Å²) in [5.41, 5.74) is 0.663. The largest absolute Gasteiger partial charge is 0.302 e. The van der Waals surface area contributed by atoms with Crippen molar-refractivity contribution in [2.75, 3.05) is 24.7 Å². The topological polar surface area (TPSA) is 79.4 Å². The van der Waals surface area contributed by atoms with Gasteiger partial charge < -0.3 is 5.32 Å². The van der Waals surface area contributed by atoms with Gasteiger partial charge in [0.1, 0.15) is 5.52 Å². The van der Waals surface area contributed by atoms with Crippen molar-refractivity contribution in [1.29, 1.82) is 0 Å². The lowest BCUT2D eigenvalue weighted by molar-refractivity contribution is -0.120. The molecular weight excluding hydrogens is 358 g/mol. The first kappa shape index (κ1) is 16.6. The Bertz CT molecular complexity index is 850. The molecule has 6 nitrogen and oxygen atoms in total. The van der Waals surface area contributed by atoms with Crippen LogP contribution in [0.1, 0.15) is 12.8 Å². The third-order valence-electron chi connectivity index (χ3n) is 3.82. The number of carbonyl (C=O) groups excluding carboxylic acids is 1. The number of fused-ring (bicyclic) bond motifs is 1. The maximum absolute atomic E-state index is 12.4. The van der Waals surface area contributed by atoms with E-state index in [1.54, 1.807) is 6.07 Å². The van der Waals surface area contributed by atoms with Crippen LogP contribution in [0, 0.1) is 5.92 Å². The first-order chi connectivity index (χ1) is 10.8. The first-order valence-corrected chi connectivity index (χ1v) is 10.2. The fraction of sp³-hybridized carbons (Fsp3) is 0.429. The molecule has 1 aromatic heterocycles. The summed E-state index contributed by atoms with van der Waals surface area (Å²) in [5, 5.41) is 3.81. The number of benzene rings is 1. The van der Waals surface area contributed by atoms with Gasteiger partial charge in [0.15, 0.2) is 5.13 Å². The van der Waals surface area contributed by atoms with E-state index in [4.69, 9.17) is 11.6 Å². The molecule has 124 valence electrons. The highest BCUT2D eigenvalue weighted by Gasteiger charge is 2.30. The summed E-state index contributed by atoms with van der Waals surface area (Å²) in [5.74, 6) is -0.561. The fourth-order valence-corrected chi connectivity index (χ4v) is 4.71. The van der Waals surface area contributed by atoms with Gasteiger partial charge in [-0.25, -0.2) is 17.7 Å². The number of halogens is 1. The van der Waals surface area contributed by atoms with Crippen molar-refractivity contribution < 1.29 is 13.2 Å². The number of hydrogen-bond donors (Lipinski definition) is 1. The zero-order valence-corrected chi connectivity index (χ0v) is 14.8. The average molecular weight is 374 g/mol. The van der Waals surface area contributed by atoms with E-state index in [9.17, 15) is 13.2 Å². The molecule has 1 aromatic carbocycles. The Morgan fingerprint density at radius 1 is 1.48 bits per heavy atom. The first-order valence-electron chi connectivity index (χ1n) is 7.15. The summed E-state index contributed by atoms with van der Waals surface area (Å²) in [6, 6.07) is 5.47. The van der Waals surface area contributed by atoms with Gasteiger partial charge >= 0.3 is 0 Å². The molecule has 0 bridgehead atoms. The van der Waals surface area contributed by atoms with E-state index in [0.717, 1.165) is 4.70 Å². The number of amides is 1. The third kappa shape index (κ3) is 3.65. The highest BCUT2D eigenvalue weighted by atomic mass is 35.5. The standard InChI is InChI=1S/C14H16ClN3O3S2/c1-23(20,21)18-7-3-4-9(8-18)13(19)17-14-16-12-10(15)5-2-6-11(12)22-14/h2,5-6,9H,3-4,7-8H2,1H3,(H,16,17,19). The van der Waals surface area contributed by atoms with Crippen molar-refractivity contribution in [2.45, 2.75) is 12.8 Å². The van der Waals surface area contributed by atoms with Crippen molar-refractivity contribution in [3.8, 4) is 0 Å². The number of anilines is 1. The number of aromatic nitrogens is 1. The van der Waals surface area contributed by atoms with Crippen LogP contribution in [0.25, 0.3) is 10.2 Å². The molecule has 1 aliphatic heterocycles. The molecule has 0 radical (unpaired) electrons. The van der Waals surface area contributed by atoms with Crippen molar-refractivity contribution in [3.05, 3.63) is 23.2 Å².